The lowest BCUT2D eigenvalue weighted by Crippen LogP contribution is -2.45. The number of halogens is 2. The molecular weight excluding hydrogens is 519 g/mol. The summed E-state index contributed by atoms with van der Waals surface area (Å²) in [4.78, 5) is 53.0. The number of hydrogen-bond acceptors (Lipinski definition) is 6. The maximum Gasteiger partial charge on any atom is 0.508 e. The minimum absolute atomic E-state index is 0.0132. The van der Waals surface area contributed by atoms with E-state index >= 15 is 0 Å². The first-order valence-electron chi connectivity index (χ1n) is 12.3. The SMILES string of the molecule is CCOC(=O)OC1CC(C(=O)Nc2ccc(N3CCCCC3=O)cc2F)N(C(=O)Nc2ccc(Cl)cc2)C1. The highest BCUT2D eigenvalue weighted by Gasteiger charge is 2.42. The van der Waals surface area contributed by atoms with Crippen LogP contribution in [0, 0.1) is 5.82 Å². The average molecular weight is 547 g/mol. The molecule has 0 aromatic heterocycles. The van der Waals surface area contributed by atoms with Gasteiger partial charge in [-0.05, 0) is 62.2 Å². The monoisotopic (exact) mass is 546 g/mol. The first-order valence-corrected chi connectivity index (χ1v) is 12.7. The molecule has 2 aromatic carbocycles. The predicted octanol–water partition coefficient (Wildman–Crippen LogP) is 4.78. The van der Waals surface area contributed by atoms with Crippen LogP contribution in [0.15, 0.2) is 42.5 Å². The van der Waals surface area contributed by atoms with E-state index in [4.69, 9.17) is 21.1 Å². The molecule has 4 rings (SSSR count). The van der Waals surface area contributed by atoms with Crippen molar-refractivity contribution < 1.29 is 33.0 Å². The van der Waals surface area contributed by atoms with E-state index in [-0.39, 0.29) is 31.2 Å². The maximum atomic E-state index is 14.9. The molecule has 0 bridgehead atoms. The van der Waals surface area contributed by atoms with E-state index < -0.39 is 36.1 Å². The Balaban J connectivity index is 1.49. The van der Waals surface area contributed by atoms with Gasteiger partial charge in [-0.1, -0.05) is 11.6 Å². The number of rotatable bonds is 6. The quantitative estimate of drug-likeness (QED) is 0.503. The highest BCUT2D eigenvalue weighted by atomic mass is 35.5. The molecule has 4 amide bonds. The summed E-state index contributed by atoms with van der Waals surface area (Å²) < 4.78 is 25.0. The van der Waals surface area contributed by atoms with Gasteiger partial charge in [-0.2, -0.15) is 0 Å². The molecule has 38 heavy (non-hydrogen) atoms. The second-order valence-corrected chi connectivity index (χ2v) is 9.36. The van der Waals surface area contributed by atoms with E-state index in [1.807, 2.05) is 0 Å². The third-order valence-corrected chi connectivity index (χ3v) is 6.54. The standard InChI is InChI=1S/C26H28ClFN4O6/c1-2-37-26(36)38-19-14-22(32(15-19)25(35)29-17-8-6-16(27)7-9-17)24(34)30-21-11-10-18(13-20(21)28)31-12-4-3-5-23(31)33/h6-11,13,19,22H,2-5,12,14-15H2,1H3,(H,29,35)(H,30,34). The zero-order chi connectivity index (χ0) is 27.2. The highest BCUT2D eigenvalue weighted by molar-refractivity contribution is 6.30. The molecular formula is C26H28ClFN4O6. The van der Waals surface area contributed by atoms with Gasteiger partial charge in [0.1, 0.15) is 18.0 Å². The van der Waals surface area contributed by atoms with Crippen molar-refractivity contribution in [3.63, 3.8) is 0 Å². The van der Waals surface area contributed by atoms with Crippen LogP contribution >= 0.6 is 11.6 Å². The lowest BCUT2D eigenvalue weighted by Gasteiger charge is -2.27. The Labute approximate surface area is 224 Å². The van der Waals surface area contributed by atoms with Crippen LogP contribution in [0.4, 0.5) is 31.0 Å². The number of nitrogens with one attached hydrogen (secondary N) is 2. The summed E-state index contributed by atoms with van der Waals surface area (Å²) in [5, 5.41) is 5.69. The molecule has 2 N–H and O–H groups in total. The Hall–Kier alpha value is -3.86. The van der Waals surface area contributed by atoms with Gasteiger partial charge in [-0.25, -0.2) is 14.0 Å². The van der Waals surface area contributed by atoms with Gasteiger partial charge in [0, 0.05) is 35.8 Å². The lowest BCUT2D eigenvalue weighted by molar-refractivity contribution is -0.120. The number of anilines is 3. The van der Waals surface area contributed by atoms with Gasteiger partial charge in [0.15, 0.2) is 0 Å². The van der Waals surface area contributed by atoms with Crippen LogP contribution in [0.2, 0.25) is 5.02 Å². The maximum absolute atomic E-state index is 14.9. The number of benzene rings is 2. The fraction of sp³-hybridized carbons (Fsp3) is 0.385. The molecule has 0 radical (unpaired) electrons. The summed E-state index contributed by atoms with van der Waals surface area (Å²) in [6, 6.07) is 8.86. The van der Waals surface area contributed by atoms with Crippen LogP contribution in [0.1, 0.15) is 32.6 Å². The molecule has 202 valence electrons. The van der Waals surface area contributed by atoms with Gasteiger partial charge < -0.3 is 29.9 Å². The van der Waals surface area contributed by atoms with E-state index in [0.717, 1.165) is 12.8 Å². The van der Waals surface area contributed by atoms with Crippen molar-refractivity contribution in [2.75, 3.05) is 35.2 Å². The molecule has 2 atom stereocenters. The third kappa shape index (κ3) is 6.52. The predicted molar refractivity (Wildman–Crippen MR) is 139 cm³/mol. The van der Waals surface area contributed by atoms with E-state index in [1.54, 1.807) is 37.3 Å². The number of urea groups is 1. The number of nitrogens with zero attached hydrogens (tertiary/aromatic N) is 2. The van der Waals surface area contributed by atoms with E-state index in [2.05, 4.69) is 10.6 Å². The van der Waals surface area contributed by atoms with Gasteiger partial charge in [-0.3, -0.25) is 9.59 Å². The van der Waals surface area contributed by atoms with Crippen LogP contribution in [0.5, 0.6) is 0 Å². The van der Waals surface area contributed by atoms with Gasteiger partial charge in [0.25, 0.3) is 0 Å². The van der Waals surface area contributed by atoms with Gasteiger partial charge in [0.05, 0.1) is 18.8 Å². The van der Waals surface area contributed by atoms with E-state index in [9.17, 15) is 23.6 Å². The molecule has 2 fully saturated rings. The number of amides is 4. The van der Waals surface area contributed by atoms with Crippen molar-refractivity contribution in [1.82, 2.24) is 4.90 Å². The Morgan fingerprint density at radius 3 is 2.55 bits per heavy atom. The molecule has 2 heterocycles. The average Bonchev–Trinajstić information content (AvgIpc) is 3.31. The number of carbonyl (C=O) groups is 4. The molecule has 0 saturated carbocycles. The van der Waals surface area contributed by atoms with Crippen molar-refractivity contribution in [2.45, 2.75) is 44.8 Å². The third-order valence-electron chi connectivity index (χ3n) is 6.29. The molecule has 2 aromatic rings. The number of piperidine rings is 1. The van der Waals surface area contributed by atoms with Crippen LogP contribution in [0.3, 0.4) is 0 Å². The fourth-order valence-electron chi connectivity index (χ4n) is 4.44. The normalized spacial score (nSPS) is 19.2. The Kier molecular flexibility index (Phi) is 8.67. The minimum Gasteiger partial charge on any atom is -0.435 e. The smallest absolute Gasteiger partial charge is 0.435 e. The Morgan fingerprint density at radius 1 is 1.11 bits per heavy atom. The van der Waals surface area contributed by atoms with Crippen molar-refractivity contribution in [3.05, 3.63) is 53.3 Å². The van der Waals surface area contributed by atoms with Crippen LogP contribution in [0.25, 0.3) is 0 Å². The molecule has 2 unspecified atom stereocenters. The number of hydrogen-bond donors (Lipinski definition) is 2. The van der Waals surface area contributed by atoms with Crippen molar-refractivity contribution in [3.8, 4) is 0 Å². The second kappa shape index (κ2) is 12.1. The van der Waals surface area contributed by atoms with Crippen LogP contribution in [-0.2, 0) is 19.1 Å². The zero-order valence-electron chi connectivity index (χ0n) is 20.7. The summed E-state index contributed by atoms with van der Waals surface area (Å²) >= 11 is 5.90. The van der Waals surface area contributed by atoms with Gasteiger partial charge in [0.2, 0.25) is 11.8 Å². The molecule has 10 nitrogen and oxygen atoms in total. The summed E-state index contributed by atoms with van der Waals surface area (Å²) in [5.41, 5.74) is 0.760. The van der Waals surface area contributed by atoms with Crippen LogP contribution < -0.4 is 15.5 Å². The lowest BCUT2D eigenvalue weighted by atomic mass is 10.1. The second-order valence-electron chi connectivity index (χ2n) is 8.92. The van der Waals surface area contributed by atoms with Gasteiger partial charge in [-0.15, -0.1) is 0 Å². The summed E-state index contributed by atoms with van der Waals surface area (Å²) in [6.45, 7) is 2.16. The number of carbonyl (C=O) groups excluding carboxylic acids is 4. The number of likely N-dealkylation sites (tertiary alicyclic amines) is 1. The first-order chi connectivity index (χ1) is 18.2. The molecule has 2 saturated heterocycles. The zero-order valence-corrected chi connectivity index (χ0v) is 21.5. The summed E-state index contributed by atoms with van der Waals surface area (Å²) in [6.07, 6.45) is 0.307. The highest BCUT2D eigenvalue weighted by Crippen LogP contribution is 2.28. The molecule has 0 aliphatic carbocycles. The summed E-state index contributed by atoms with van der Waals surface area (Å²) in [5.74, 6) is -1.45. The van der Waals surface area contributed by atoms with E-state index in [0.29, 0.717) is 29.4 Å². The Morgan fingerprint density at radius 2 is 1.87 bits per heavy atom. The summed E-state index contributed by atoms with van der Waals surface area (Å²) in [7, 11) is 0. The largest absolute Gasteiger partial charge is 0.508 e. The molecule has 0 spiro atoms. The van der Waals surface area contributed by atoms with Crippen molar-refractivity contribution >= 4 is 52.7 Å². The molecule has 2 aliphatic heterocycles. The van der Waals surface area contributed by atoms with Crippen molar-refractivity contribution in [2.24, 2.45) is 0 Å². The minimum atomic E-state index is -1.07. The van der Waals surface area contributed by atoms with Gasteiger partial charge >= 0.3 is 12.2 Å². The fourth-order valence-corrected chi connectivity index (χ4v) is 4.57. The Bertz CT molecular complexity index is 1210. The van der Waals surface area contributed by atoms with E-state index in [1.165, 1.54) is 21.9 Å². The van der Waals surface area contributed by atoms with Crippen molar-refractivity contribution in [1.29, 1.82) is 0 Å². The topological polar surface area (TPSA) is 117 Å². The number of ether oxygens (including phenoxy) is 2. The molecule has 2 aliphatic rings. The first kappa shape index (κ1) is 27.2. The molecule has 12 heteroatoms. The van der Waals surface area contributed by atoms with Crippen LogP contribution in [-0.4, -0.2) is 60.7 Å².